The monoisotopic (exact) mass is 427 g/mol. The highest BCUT2D eigenvalue weighted by Gasteiger charge is 2.30. The van der Waals surface area contributed by atoms with Crippen LogP contribution in [0.15, 0.2) is 54.7 Å². The number of aromatic amines is 1. The maximum atomic E-state index is 12.8. The number of benzene rings is 2. The largest absolute Gasteiger partial charge is 0.416 e. The van der Waals surface area contributed by atoms with E-state index in [9.17, 15) is 22.8 Å². The number of alkyl halides is 3. The van der Waals surface area contributed by atoms with Gasteiger partial charge in [-0.15, -0.1) is 0 Å². The number of aromatic nitrogens is 1. The zero-order valence-electron chi connectivity index (χ0n) is 16.6. The van der Waals surface area contributed by atoms with Crippen LogP contribution in [0.5, 0.6) is 0 Å². The van der Waals surface area contributed by atoms with E-state index in [4.69, 9.17) is 0 Å². The average Bonchev–Trinajstić information content (AvgIpc) is 3.13. The highest BCUT2D eigenvalue weighted by molar-refractivity contribution is 5.89. The van der Waals surface area contributed by atoms with Crippen LogP contribution in [0.3, 0.4) is 0 Å². The first-order valence-electron chi connectivity index (χ1n) is 9.50. The summed E-state index contributed by atoms with van der Waals surface area (Å²) in [5.74, 6) is 4.46. The molecule has 2 aromatic carbocycles. The number of hydrogen-bond acceptors (Lipinski definition) is 2. The molecule has 1 heterocycles. The van der Waals surface area contributed by atoms with Crippen LogP contribution in [0.25, 0.3) is 10.9 Å². The molecule has 0 saturated carbocycles. The van der Waals surface area contributed by atoms with Gasteiger partial charge in [-0.1, -0.05) is 36.1 Å². The smallest absolute Gasteiger partial charge is 0.361 e. The van der Waals surface area contributed by atoms with Crippen molar-refractivity contribution in [2.75, 3.05) is 6.54 Å². The molecule has 1 aromatic heterocycles. The van der Waals surface area contributed by atoms with Crippen LogP contribution in [-0.4, -0.2) is 29.4 Å². The fraction of sp³-hybridized carbons (Fsp3) is 0.217. The highest BCUT2D eigenvalue weighted by Crippen LogP contribution is 2.29. The van der Waals surface area contributed by atoms with Crippen LogP contribution in [0, 0.1) is 11.8 Å². The van der Waals surface area contributed by atoms with Crippen molar-refractivity contribution >= 4 is 22.7 Å². The fourth-order valence-electron chi connectivity index (χ4n) is 3.15. The van der Waals surface area contributed by atoms with Crippen LogP contribution in [-0.2, 0) is 22.2 Å². The molecule has 8 heteroatoms. The molecule has 2 amide bonds. The molecule has 0 spiro atoms. The van der Waals surface area contributed by atoms with Crippen molar-refractivity contribution in [1.29, 1.82) is 0 Å². The molecule has 0 unspecified atom stereocenters. The van der Waals surface area contributed by atoms with E-state index in [-0.39, 0.29) is 24.4 Å². The highest BCUT2D eigenvalue weighted by atomic mass is 19.4. The second-order valence-corrected chi connectivity index (χ2v) is 6.91. The molecular formula is C23H20F3N3O2. The summed E-state index contributed by atoms with van der Waals surface area (Å²) in [5, 5.41) is 6.18. The van der Waals surface area contributed by atoms with Gasteiger partial charge in [-0.3, -0.25) is 9.59 Å². The Morgan fingerprint density at radius 2 is 1.90 bits per heavy atom. The molecule has 0 saturated heterocycles. The van der Waals surface area contributed by atoms with Crippen molar-refractivity contribution in [2.24, 2.45) is 0 Å². The Hall–Kier alpha value is -3.73. The zero-order valence-corrected chi connectivity index (χ0v) is 16.6. The first-order chi connectivity index (χ1) is 14.7. The van der Waals surface area contributed by atoms with E-state index < -0.39 is 23.7 Å². The van der Waals surface area contributed by atoms with Gasteiger partial charge in [0.15, 0.2) is 0 Å². The number of nitrogens with one attached hydrogen (secondary N) is 3. The van der Waals surface area contributed by atoms with Crippen molar-refractivity contribution in [1.82, 2.24) is 15.6 Å². The van der Waals surface area contributed by atoms with Gasteiger partial charge in [-0.05, 0) is 29.8 Å². The summed E-state index contributed by atoms with van der Waals surface area (Å²) in [5.41, 5.74) is 1.21. The van der Waals surface area contributed by atoms with Gasteiger partial charge >= 0.3 is 6.18 Å². The Morgan fingerprint density at radius 3 is 2.65 bits per heavy atom. The zero-order chi connectivity index (χ0) is 22.4. The van der Waals surface area contributed by atoms with Crippen molar-refractivity contribution in [3.05, 3.63) is 71.4 Å². The molecule has 3 aromatic rings. The van der Waals surface area contributed by atoms with E-state index in [1.807, 2.05) is 24.3 Å². The third-order valence-electron chi connectivity index (χ3n) is 4.57. The number of carbonyl (C=O) groups excluding carboxylic acids is 2. The molecule has 1 atom stereocenters. The second kappa shape index (κ2) is 9.39. The number of amides is 2. The number of H-pyrrole nitrogens is 1. The van der Waals surface area contributed by atoms with Gasteiger partial charge in [0, 0.05) is 36.0 Å². The molecule has 0 aliphatic rings. The summed E-state index contributed by atoms with van der Waals surface area (Å²) < 4.78 is 38.3. The van der Waals surface area contributed by atoms with Gasteiger partial charge in [-0.25, -0.2) is 0 Å². The van der Waals surface area contributed by atoms with E-state index in [2.05, 4.69) is 27.5 Å². The third-order valence-corrected chi connectivity index (χ3v) is 4.57. The van der Waals surface area contributed by atoms with Gasteiger partial charge in [0.25, 0.3) is 0 Å². The van der Waals surface area contributed by atoms with Crippen molar-refractivity contribution < 1.29 is 22.8 Å². The Morgan fingerprint density at radius 1 is 1.13 bits per heavy atom. The van der Waals surface area contributed by atoms with Gasteiger partial charge in [0.05, 0.1) is 12.1 Å². The van der Waals surface area contributed by atoms with Gasteiger partial charge in [0.1, 0.15) is 6.04 Å². The first kappa shape index (κ1) is 22.0. The number of halogens is 3. The quantitative estimate of drug-likeness (QED) is 0.546. The molecule has 31 heavy (non-hydrogen) atoms. The van der Waals surface area contributed by atoms with E-state index in [0.717, 1.165) is 28.6 Å². The minimum atomic E-state index is -4.44. The third kappa shape index (κ3) is 5.89. The van der Waals surface area contributed by atoms with Crippen LogP contribution >= 0.6 is 0 Å². The Kier molecular flexibility index (Phi) is 6.65. The van der Waals surface area contributed by atoms with Crippen molar-refractivity contribution in [2.45, 2.75) is 25.6 Å². The topological polar surface area (TPSA) is 74.0 Å². The molecule has 0 radical (unpaired) electrons. The molecule has 3 rings (SSSR count). The molecule has 0 aliphatic carbocycles. The standard InChI is InChI=1S/C23H20F3N3O2/c1-15(30)29-21(13-17-14-28-20-10-3-2-9-19(17)20)22(31)27-11-5-7-16-6-4-8-18(12-16)23(24,25)26/h2-4,6,8-10,12,14,21,28H,11,13H2,1H3,(H,27,31)(H,29,30)/t21-/m1/s1. The van der Waals surface area contributed by atoms with E-state index in [1.165, 1.54) is 19.1 Å². The predicted molar refractivity (Wildman–Crippen MR) is 111 cm³/mol. The Balaban J connectivity index is 1.66. The second-order valence-electron chi connectivity index (χ2n) is 6.91. The number of hydrogen-bond donors (Lipinski definition) is 3. The fourth-order valence-corrected chi connectivity index (χ4v) is 3.15. The summed E-state index contributed by atoms with van der Waals surface area (Å²) in [6.45, 7) is 1.25. The summed E-state index contributed by atoms with van der Waals surface area (Å²) in [7, 11) is 0. The van der Waals surface area contributed by atoms with Crippen molar-refractivity contribution in [3.8, 4) is 11.8 Å². The van der Waals surface area contributed by atoms with E-state index >= 15 is 0 Å². The molecule has 3 N–H and O–H groups in total. The lowest BCUT2D eigenvalue weighted by molar-refractivity contribution is -0.137. The first-order valence-corrected chi connectivity index (χ1v) is 9.50. The van der Waals surface area contributed by atoms with Crippen LogP contribution < -0.4 is 10.6 Å². The van der Waals surface area contributed by atoms with E-state index in [1.54, 1.807) is 6.20 Å². The Labute approximate surface area is 177 Å². The van der Waals surface area contributed by atoms with E-state index in [0.29, 0.717) is 0 Å². The number of rotatable bonds is 5. The summed E-state index contributed by atoms with van der Waals surface area (Å²) >= 11 is 0. The lowest BCUT2D eigenvalue weighted by Crippen LogP contribution is -2.47. The maximum Gasteiger partial charge on any atom is 0.416 e. The normalized spacial score (nSPS) is 12.0. The summed E-state index contributed by atoms with van der Waals surface area (Å²) in [6, 6.07) is 11.5. The molecule has 0 bridgehead atoms. The average molecular weight is 427 g/mol. The summed E-state index contributed by atoms with van der Waals surface area (Å²) in [6.07, 6.45) is -2.38. The van der Waals surface area contributed by atoms with Gasteiger partial charge in [0.2, 0.25) is 11.8 Å². The lowest BCUT2D eigenvalue weighted by Gasteiger charge is -2.16. The molecule has 0 aliphatic heterocycles. The maximum absolute atomic E-state index is 12.8. The molecule has 0 fully saturated rings. The van der Waals surface area contributed by atoms with Crippen molar-refractivity contribution in [3.63, 3.8) is 0 Å². The number of para-hydroxylation sites is 1. The molecule has 5 nitrogen and oxygen atoms in total. The number of fused-ring (bicyclic) bond motifs is 1. The van der Waals surface area contributed by atoms with Crippen LogP contribution in [0.1, 0.15) is 23.6 Å². The van der Waals surface area contributed by atoms with Gasteiger partial charge in [-0.2, -0.15) is 13.2 Å². The Bertz CT molecular complexity index is 1160. The number of carbonyl (C=O) groups is 2. The minimum absolute atomic E-state index is 0.0704. The van der Waals surface area contributed by atoms with Gasteiger partial charge < -0.3 is 15.6 Å². The molecular weight excluding hydrogens is 407 g/mol. The molecule has 160 valence electrons. The minimum Gasteiger partial charge on any atom is -0.361 e. The lowest BCUT2D eigenvalue weighted by atomic mass is 10.0. The van der Waals surface area contributed by atoms with Crippen LogP contribution in [0.2, 0.25) is 0 Å². The predicted octanol–water partition coefficient (Wildman–Crippen LogP) is 3.40. The summed E-state index contributed by atoms with van der Waals surface area (Å²) in [4.78, 5) is 27.3. The van der Waals surface area contributed by atoms with Crippen LogP contribution in [0.4, 0.5) is 13.2 Å². The SMILES string of the molecule is CC(=O)N[C@H](Cc1c[nH]c2ccccc12)C(=O)NCC#Cc1cccc(C(F)(F)F)c1.